The van der Waals surface area contributed by atoms with Gasteiger partial charge >= 0.3 is 0 Å². The molecular formula is C22H28N4O3. The van der Waals surface area contributed by atoms with Gasteiger partial charge in [-0.3, -0.25) is 19.5 Å². The second kappa shape index (κ2) is 9.52. The number of nitrogens with one attached hydrogen (secondary N) is 2. The van der Waals surface area contributed by atoms with Crippen molar-refractivity contribution in [2.24, 2.45) is 0 Å². The highest BCUT2D eigenvalue weighted by atomic mass is 16.5. The Labute approximate surface area is 171 Å². The van der Waals surface area contributed by atoms with Crippen LogP contribution in [0.2, 0.25) is 0 Å². The van der Waals surface area contributed by atoms with Gasteiger partial charge in [-0.05, 0) is 51.0 Å². The second-order valence-electron chi connectivity index (χ2n) is 7.32. The van der Waals surface area contributed by atoms with E-state index >= 15 is 0 Å². The van der Waals surface area contributed by atoms with E-state index < -0.39 is 0 Å². The highest BCUT2D eigenvalue weighted by molar-refractivity contribution is 5.98. The van der Waals surface area contributed by atoms with E-state index in [4.69, 9.17) is 4.74 Å². The summed E-state index contributed by atoms with van der Waals surface area (Å²) in [6, 6.07) is 8.57. The van der Waals surface area contributed by atoms with Crippen LogP contribution in [0.15, 0.2) is 42.7 Å². The maximum Gasteiger partial charge on any atom is 0.251 e. The molecule has 2 aromatic rings. The van der Waals surface area contributed by atoms with Gasteiger partial charge in [-0.15, -0.1) is 0 Å². The molecule has 2 heterocycles. The minimum absolute atomic E-state index is 0.0802. The number of aryl methyl sites for hydroxylation is 1. The Balaban J connectivity index is 1.52. The highest BCUT2D eigenvalue weighted by Crippen LogP contribution is 2.22. The first-order chi connectivity index (χ1) is 14.0. The first-order valence-corrected chi connectivity index (χ1v) is 9.92. The molecule has 29 heavy (non-hydrogen) atoms. The number of piperidine rings is 1. The third-order valence-electron chi connectivity index (χ3n) is 5.29. The molecule has 1 unspecified atom stereocenters. The van der Waals surface area contributed by atoms with E-state index in [1.807, 2.05) is 19.9 Å². The number of nitrogens with zero attached hydrogens (tertiary/aromatic N) is 2. The first kappa shape index (κ1) is 20.8. The molecule has 7 nitrogen and oxygen atoms in total. The monoisotopic (exact) mass is 396 g/mol. The minimum Gasteiger partial charge on any atom is -0.490 e. The Morgan fingerprint density at radius 3 is 2.69 bits per heavy atom. The maximum absolute atomic E-state index is 12.7. The second-order valence-corrected chi connectivity index (χ2v) is 7.32. The van der Waals surface area contributed by atoms with Crippen molar-refractivity contribution < 1.29 is 14.3 Å². The van der Waals surface area contributed by atoms with Crippen molar-refractivity contribution in [3.63, 3.8) is 0 Å². The molecular weight excluding hydrogens is 368 g/mol. The van der Waals surface area contributed by atoms with E-state index in [1.54, 1.807) is 43.7 Å². The van der Waals surface area contributed by atoms with Crippen molar-refractivity contribution in [1.82, 2.24) is 15.2 Å². The molecule has 0 saturated carbocycles. The van der Waals surface area contributed by atoms with Crippen LogP contribution < -0.4 is 15.4 Å². The number of amides is 2. The molecule has 2 amide bonds. The number of ether oxygens (including phenoxy) is 1. The Kier molecular flexibility index (Phi) is 6.82. The van der Waals surface area contributed by atoms with Crippen LogP contribution in [0.1, 0.15) is 35.7 Å². The molecule has 1 saturated heterocycles. The lowest BCUT2D eigenvalue weighted by atomic mass is 10.1. The molecule has 1 aromatic heterocycles. The molecule has 2 N–H and O–H groups in total. The summed E-state index contributed by atoms with van der Waals surface area (Å²) in [4.78, 5) is 30.7. The van der Waals surface area contributed by atoms with E-state index in [0.29, 0.717) is 11.3 Å². The average molecular weight is 396 g/mol. The number of hydrogen-bond donors (Lipinski definition) is 2. The van der Waals surface area contributed by atoms with Crippen LogP contribution in [-0.4, -0.2) is 54.0 Å². The predicted molar refractivity (Wildman–Crippen MR) is 112 cm³/mol. The number of anilines is 1. The van der Waals surface area contributed by atoms with Gasteiger partial charge in [0, 0.05) is 49.3 Å². The fraction of sp³-hybridized carbons (Fsp3) is 0.409. The Bertz CT molecular complexity index is 863. The molecule has 1 fully saturated rings. The summed E-state index contributed by atoms with van der Waals surface area (Å²) in [6.07, 6.45) is 5.42. The Morgan fingerprint density at radius 2 is 2.00 bits per heavy atom. The van der Waals surface area contributed by atoms with Crippen LogP contribution in [-0.2, 0) is 4.79 Å². The van der Waals surface area contributed by atoms with Crippen LogP contribution in [0.4, 0.5) is 5.69 Å². The summed E-state index contributed by atoms with van der Waals surface area (Å²) in [5, 5.41) is 5.50. The molecule has 1 aliphatic heterocycles. The third-order valence-corrected chi connectivity index (χ3v) is 5.29. The van der Waals surface area contributed by atoms with Gasteiger partial charge in [0.2, 0.25) is 5.91 Å². The maximum atomic E-state index is 12.7. The summed E-state index contributed by atoms with van der Waals surface area (Å²) in [5.41, 5.74) is 2.17. The van der Waals surface area contributed by atoms with Gasteiger partial charge in [0.1, 0.15) is 11.9 Å². The zero-order chi connectivity index (χ0) is 20.8. The number of hydrogen-bond acceptors (Lipinski definition) is 5. The van der Waals surface area contributed by atoms with Gasteiger partial charge in [-0.1, -0.05) is 6.07 Å². The summed E-state index contributed by atoms with van der Waals surface area (Å²) in [7, 11) is 1.58. The fourth-order valence-corrected chi connectivity index (χ4v) is 3.45. The molecule has 3 rings (SSSR count). The lowest BCUT2D eigenvalue weighted by molar-refractivity contribution is -0.121. The van der Waals surface area contributed by atoms with Crippen molar-refractivity contribution in [3.05, 3.63) is 53.9 Å². The number of pyridine rings is 1. The smallest absolute Gasteiger partial charge is 0.251 e. The third kappa shape index (κ3) is 5.32. The molecule has 0 radical (unpaired) electrons. The number of benzene rings is 1. The summed E-state index contributed by atoms with van der Waals surface area (Å²) in [5.74, 6) is 0.615. The van der Waals surface area contributed by atoms with Crippen molar-refractivity contribution in [1.29, 1.82) is 0 Å². The number of likely N-dealkylation sites (tertiary alicyclic amines) is 1. The average Bonchev–Trinajstić information content (AvgIpc) is 2.75. The summed E-state index contributed by atoms with van der Waals surface area (Å²) >= 11 is 0. The topological polar surface area (TPSA) is 83.6 Å². The normalized spacial score (nSPS) is 16.1. The largest absolute Gasteiger partial charge is 0.490 e. The molecule has 0 bridgehead atoms. The van der Waals surface area contributed by atoms with E-state index in [2.05, 4.69) is 20.5 Å². The van der Waals surface area contributed by atoms with Crippen LogP contribution in [0.25, 0.3) is 0 Å². The predicted octanol–water partition coefficient (Wildman–Crippen LogP) is 2.62. The summed E-state index contributed by atoms with van der Waals surface area (Å²) in [6.45, 7) is 5.48. The molecule has 0 spiro atoms. The van der Waals surface area contributed by atoms with Gasteiger partial charge in [-0.25, -0.2) is 0 Å². The van der Waals surface area contributed by atoms with Gasteiger partial charge in [0.05, 0.1) is 6.04 Å². The lowest BCUT2D eigenvalue weighted by Crippen LogP contribution is -2.47. The van der Waals surface area contributed by atoms with E-state index in [9.17, 15) is 9.59 Å². The van der Waals surface area contributed by atoms with Gasteiger partial charge in [0.15, 0.2) is 0 Å². The van der Waals surface area contributed by atoms with Gasteiger partial charge in [-0.2, -0.15) is 0 Å². The number of aromatic nitrogens is 1. The highest BCUT2D eigenvalue weighted by Gasteiger charge is 2.27. The molecule has 0 aliphatic carbocycles. The Hall–Kier alpha value is -2.93. The fourth-order valence-electron chi connectivity index (χ4n) is 3.45. The van der Waals surface area contributed by atoms with E-state index in [-0.39, 0.29) is 24.0 Å². The van der Waals surface area contributed by atoms with E-state index in [1.165, 1.54) is 0 Å². The first-order valence-electron chi connectivity index (χ1n) is 9.92. The van der Waals surface area contributed by atoms with Gasteiger partial charge < -0.3 is 15.4 Å². The van der Waals surface area contributed by atoms with Gasteiger partial charge in [0.25, 0.3) is 5.91 Å². The molecule has 1 atom stereocenters. The van der Waals surface area contributed by atoms with Crippen LogP contribution >= 0.6 is 0 Å². The van der Waals surface area contributed by atoms with Crippen molar-refractivity contribution in [2.45, 2.75) is 38.8 Å². The zero-order valence-electron chi connectivity index (χ0n) is 17.1. The van der Waals surface area contributed by atoms with Crippen molar-refractivity contribution >= 4 is 17.5 Å². The van der Waals surface area contributed by atoms with Crippen molar-refractivity contribution in [2.75, 3.05) is 25.5 Å². The van der Waals surface area contributed by atoms with Crippen LogP contribution in [0.3, 0.4) is 0 Å². The molecule has 7 heteroatoms. The SMILES string of the molecule is CNC(=O)c1cccc(NC(=O)C(C)N2CCC(Oc3ccncc3C)CC2)c1. The summed E-state index contributed by atoms with van der Waals surface area (Å²) < 4.78 is 6.11. The van der Waals surface area contributed by atoms with Crippen molar-refractivity contribution in [3.8, 4) is 5.75 Å². The standard InChI is InChI=1S/C22H28N4O3/c1-15-14-24-10-7-20(15)29-19-8-11-26(12-9-19)16(2)21(27)25-18-6-4-5-17(13-18)22(28)23-3/h4-7,10,13-14,16,19H,8-9,11-12H2,1-3H3,(H,23,28)(H,25,27). The number of carbonyl (C=O) groups is 2. The lowest BCUT2D eigenvalue weighted by Gasteiger charge is -2.35. The molecule has 154 valence electrons. The number of carbonyl (C=O) groups excluding carboxylic acids is 2. The minimum atomic E-state index is -0.262. The van der Waals surface area contributed by atoms with E-state index in [0.717, 1.165) is 37.2 Å². The quantitative estimate of drug-likeness (QED) is 0.784. The van der Waals surface area contributed by atoms with Crippen LogP contribution in [0, 0.1) is 6.92 Å². The Morgan fingerprint density at radius 1 is 1.24 bits per heavy atom. The number of rotatable bonds is 6. The van der Waals surface area contributed by atoms with Crippen LogP contribution in [0.5, 0.6) is 5.75 Å². The molecule has 1 aliphatic rings. The molecule has 1 aromatic carbocycles. The zero-order valence-corrected chi connectivity index (χ0v) is 17.1.